The van der Waals surface area contributed by atoms with Crippen LogP contribution in [0.3, 0.4) is 0 Å². The van der Waals surface area contributed by atoms with Gasteiger partial charge in [-0.2, -0.15) is 26.3 Å². The molecule has 0 radical (unpaired) electrons. The molecule has 0 saturated heterocycles. The van der Waals surface area contributed by atoms with E-state index in [0.717, 1.165) is 24.4 Å². The van der Waals surface area contributed by atoms with E-state index in [1.807, 2.05) is 0 Å². The quantitative estimate of drug-likeness (QED) is 0.452. The standard InChI is InChI=1S/C20H16F6N6O/c21-19(22,23)13-3-1-2-12(29-13)17-30-15(9-16(31-17)32-18(10-33)5-6-18)28-11-4-7-27-14(8-11)20(24,25)26/h1-4,7-9,33H,5-6,10H2,(H2,27,28,30,31,32). The number of nitrogens with one attached hydrogen (secondary N) is 2. The summed E-state index contributed by atoms with van der Waals surface area (Å²) < 4.78 is 78.2. The van der Waals surface area contributed by atoms with E-state index in [1.54, 1.807) is 0 Å². The number of rotatable bonds is 6. The summed E-state index contributed by atoms with van der Waals surface area (Å²) in [5.41, 5.74) is -3.07. The monoisotopic (exact) mass is 470 g/mol. The second-order valence-electron chi connectivity index (χ2n) is 7.48. The zero-order valence-electron chi connectivity index (χ0n) is 16.7. The highest BCUT2D eigenvalue weighted by molar-refractivity contribution is 5.64. The van der Waals surface area contributed by atoms with Crippen LogP contribution in [-0.4, -0.2) is 37.2 Å². The molecule has 0 bridgehead atoms. The van der Waals surface area contributed by atoms with Crippen LogP contribution < -0.4 is 10.6 Å². The summed E-state index contributed by atoms with van der Waals surface area (Å²) in [6, 6.07) is 6.66. The van der Waals surface area contributed by atoms with Crippen LogP contribution in [0.4, 0.5) is 43.7 Å². The number of anilines is 3. The lowest BCUT2D eigenvalue weighted by Gasteiger charge is -2.17. The van der Waals surface area contributed by atoms with Gasteiger partial charge in [0.15, 0.2) is 5.82 Å². The Bertz CT molecular complexity index is 1160. The molecule has 1 aliphatic rings. The fourth-order valence-corrected chi connectivity index (χ4v) is 2.96. The smallest absolute Gasteiger partial charge is 0.394 e. The highest BCUT2D eigenvalue weighted by Gasteiger charge is 2.42. The summed E-state index contributed by atoms with van der Waals surface area (Å²) in [7, 11) is 0. The van der Waals surface area contributed by atoms with E-state index in [-0.39, 0.29) is 35.4 Å². The Morgan fingerprint density at radius 1 is 0.879 bits per heavy atom. The zero-order chi connectivity index (χ0) is 23.9. The van der Waals surface area contributed by atoms with Crippen LogP contribution in [-0.2, 0) is 12.4 Å². The lowest BCUT2D eigenvalue weighted by Crippen LogP contribution is -2.26. The predicted molar refractivity (Wildman–Crippen MR) is 105 cm³/mol. The maximum atomic E-state index is 13.1. The summed E-state index contributed by atoms with van der Waals surface area (Å²) in [5.74, 6) is -0.0134. The van der Waals surface area contributed by atoms with Crippen molar-refractivity contribution < 1.29 is 31.4 Å². The molecular weight excluding hydrogens is 454 g/mol. The number of aliphatic hydroxyl groups excluding tert-OH is 1. The number of aliphatic hydroxyl groups is 1. The molecule has 3 aromatic rings. The molecule has 0 unspecified atom stereocenters. The second-order valence-corrected chi connectivity index (χ2v) is 7.48. The molecule has 0 aliphatic heterocycles. The van der Waals surface area contributed by atoms with E-state index in [0.29, 0.717) is 12.8 Å². The predicted octanol–water partition coefficient (Wildman–Crippen LogP) is 4.65. The van der Waals surface area contributed by atoms with Crippen molar-refractivity contribution in [2.75, 3.05) is 17.2 Å². The van der Waals surface area contributed by atoms with Crippen molar-refractivity contribution in [3.8, 4) is 11.5 Å². The van der Waals surface area contributed by atoms with Gasteiger partial charge in [0.2, 0.25) is 0 Å². The third-order valence-corrected chi connectivity index (χ3v) is 4.87. The molecule has 0 aromatic carbocycles. The first-order chi connectivity index (χ1) is 15.5. The first-order valence-corrected chi connectivity index (χ1v) is 9.60. The molecule has 0 amide bonds. The number of hydrogen-bond donors (Lipinski definition) is 3. The fraction of sp³-hybridized carbons (Fsp3) is 0.300. The fourth-order valence-electron chi connectivity index (χ4n) is 2.96. The molecule has 7 nitrogen and oxygen atoms in total. The van der Waals surface area contributed by atoms with Crippen LogP contribution >= 0.6 is 0 Å². The molecule has 1 fully saturated rings. The Balaban J connectivity index is 1.73. The van der Waals surface area contributed by atoms with Crippen molar-refractivity contribution in [2.24, 2.45) is 0 Å². The van der Waals surface area contributed by atoms with E-state index in [4.69, 9.17) is 0 Å². The van der Waals surface area contributed by atoms with Gasteiger partial charge in [-0.25, -0.2) is 15.0 Å². The van der Waals surface area contributed by atoms with E-state index < -0.39 is 29.3 Å². The van der Waals surface area contributed by atoms with Crippen LogP contribution in [0.25, 0.3) is 11.5 Å². The second kappa shape index (κ2) is 8.14. The Hall–Kier alpha value is -3.48. The molecule has 3 aromatic heterocycles. The largest absolute Gasteiger partial charge is 0.433 e. The lowest BCUT2D eigenvalue weighted by molar-refractivity contribution is -0.141. The number of halogens is 6. The van der Waals surface area contributed by atoms with Crippen LogP contribution in [0, 0.1) is 0 Å². The van der Waals surface area contributed by atoms with Crippen molar-refractivity contribution >= 4 is 17.3 Å². The average Bonchev–Trinajstić information content (AvgIpc) is 3.52. The van der Waals surface area contributed by atoms with E-state index >= 15 is 0 Å². The summed E-state index contributed by atoms with van der Waals surface area (Å²) in [5, 5.41) is 15.3. The Morgan fingerprint density at radius 2 is 1.58 bits per heavy atom. The van der Waals surface area contributed by atoms with Crippen LogP contribution in [0.15, 0.2) is 42.6 Å². The molecule has 3 heterocycles. The van der Waals surface area contributed by atoms with E-state index in [9.17, 15) is 31.4 Å². The molecule has 1 aliphatic carbocycles. The minimum Gasteiger partial charge on any atom is -0.394 e. The Morgan fingerprint density at radius 3 is 2.21 bits per heavy atom. The summed E-state index contributed by atoms with van der Waals surface area (Å²) in [6.45, 7) is -0.198. The molecular formula is C20H16F6N6O. The van der Waals surface area contributed by atoms with Gasteiger partial charge in [0.25, 0.3) is 0 Å². The first kappa shape index (κ1) is 22.7. The van der Waals surface area contributed by atoms with Crippen molar-refractivity contribution in [3.63, 3.8) is 0 Å². The number of nitrogens with zero attached hydrogens (tertiary/aromatic N) is 4. The van der Waals surface area contributed by atoms with E-state index in [2.05, 4.69) is 30.6 Å². The van der Waals surface area contributed by atoms with Gasteiger partial charge < -0.3 is 15.7 Å². The molecule has 1 saturated carbocycles. The van der Waals surface area contributed by atoms with Gasteiger partial charge in [-0.15, -0.1) is 0 Å². The third-order valence-electron chi connectivity index (χ3n) is 4.87. The zero-order valence-corrected chi connectivity index (χ0v) is 16.7. The summed E-state index contributed by atoms with van der Waals surface area (Å²) in [6.07, 6.45) is -7.10. The highest BCUT2D eigenvalue weighted by atomic mass is 19.4. The van der Waals surface area contributed by atoms with Crippen LogP contribution in [0.2, 0.25) is 0 Å². The van der Waals surface area contributed by atoms with Gasteiger partial charge in [-0.1, -0.05) is 6.07 Å². The number of pyridine rings is 2. The first-order valence-electron chi connectivity index (χ1n) is 9.60. The molecule has 0 atom stereocenters. The maximum absolute atomic E-state index is 13.1. The van der Waals surface area contributed by atoms with Gasteiger partial charge in [0, 0.05) is 18.0 Å². The van der Waals surface area contributed by atoms with Crippen LogP contribution in [0.5, 0.6) is 0 Å². The minimum absolute atomic E-state index is 0.00761. The van der Waals surface area contributed by atoms with Crippen molar-refractivity contribution in [1.82, 2.24) is 19.9 Å². The van der Waals surface area contributed by atoms with Gasteiger partial charge >= 0.3 is 12.4 Å². The summed E-state index contributed by atoms with van der Waals surface area (Å²) in [4.78, 5) is 15.2. The summed E-state index contributed by atoms with van der Waals surface area (Å²) >= 11 is 0. The van der Waals surface area contributed by atoms with E-state index in [1.165, 1.54) is 18.2 Å². The molecule has 174 valence electrons. The van der Waals surface area contributed by atoms with Gasteiger partial charge in [0.1, 0.15) is 28.7 Å². The van der Waals surface area contributed by atoms with Crippen molar-refractivity contribution in [3.05, 3.63) is 54.0 Å². The van der Waals surface area contributed by atoms with Gasteiger partial charge in [-0.3, -0.25) is 4.98 Å². The highest BCUT2D eigenvalue weighted by Crippen LogP contribution is 2.39. The van der Waals surface area contributed by atoms with Crippen LogP contribution in [0.1, 0.15) is 24.2 Å². The topological polar surface area (TPSA) is 95.8 Å². The van der Waals surface area contributed by atoms with Crippen molar-refractivity contribution in [1.29, 1.82) is 0 Å². The van der Waals surface area contributed by atoms with Gasteiger partial charge in [0.05, 0.1) is 12.1 Å². The number of hydrogen-bond acceptors (Lipinski definition) is 7. The normalized spacial score (nSPS) is 15.2. The SMILES string of the molecule is OCC1(Nc2cc(Nc3ccnc(C(F)(F)F)c3)nc(-c3cccc(C(F)(F)F)n3)n2)CC1. The molecule has 4 rings (SSSR count). The molecule has 33 heavy (non-hydrogen) atoms. The maximum Gasteiger partial charge on any atom is 0.433 e. The molecule has 0 spiro atoms. The number of alkyl halides is 6. The molecule has 3 N–H and O–H groups in total. The number of aromatic nitrogens is 4. The third kappa shape index (κ3) is 5.30. The van der Waals surface area contributed by atoms with Gasteiger partial charge in [-0.05, 0) is 37.1 Å². The lowest BCUT2D eigenvalue weighted by atomic mass is 10.2. The molecule has 13 heteroatoms. The Kier molecular flexibility index (Phi) is 5.60. The minimum atomic E-state index is -4.69. The average molecular weight is 470 g/mol. The Labute approximate surface area is 182 Å². The van der Waals surface area contributed by atoms with Crippen molar-refractivity contribution in [2.45, 2.75) is 30.7 Å².